The molecule has 0 saturated carbocycles. The molecule has 7 heteroatoms. The molecule has 1 fully saturated rings. The maximum atomic E-state index is 11.9. The molecular formula is C20H33NO5Si. The van der Waals surface area contributed by atoms with Crippen molar-refractivity contribution in [1.82, 2.24) is 5.06 Å². The van der Waals surface area contributed by atoms with Crippen molar-refractivity contribution in [2.45, 2.75) is 58.0 Å². The maximum Gasteiger partial charge on any atom is 0.528 e. The van der Waals surface area contributed by atoms with Crippen molar-refractivity contribution in [2.75, 3.05) is 19.7 Å². The minimum Gasteiger partial charge on any atom is -0.428 e. The molecule has 0 radical (unpaired) electrons. The average Bonchev–Trinajstić information content (AvgIpc) is 2.60. The molecule has 27 heavy (non-hydrogen) atoms. The number of piperidine rings is 1. The van der Waals surface area contributed by atoms with Crippen molar-refractivity contribution in [3.8, 4) is 0 Å². The van der Waals surface area contributed by atoms with Gasteiger partial charge in [-0.3, -0.25) is 0 Å². The molecular weight excluding hydrogens is 362 g/mol. The van der Waals surface area contributed by atoms with E-state index in [9.17, 15) is 9.90 Å². The second-order valence-electron chi connectivity index (χ2n) is 8.69. The van der Waals surface area contributed by atoms with Crippen LogP contribution < -0.4 is 0 Å². The summed E-state index contributed by atoms with van der Waals surface area (Å²) < 4.78 is 11.4. The van der Waals surface area contributed by atoms with Gasteiger partial charge in [0, 0.05) is 25.6 Å². The molecule has 1 heterocycles. The van der Waals surface area contributed by atoms with Crippen LogP contribution >= 0.6 is 0 Å². The van der Waals surface area contributed by atoms with Gasteiger partial charge in [0.05, 0.1) is 6.10 Å². The molecule has 2 unspecified atom stereocenters. The average molecular weight is 396 g/mol. The van der Waals surface area contributed by atoms with Crippen LogP contribution in [0.25, 0.3) is 0 Å². The molecule has 152 valence electrons. The lowest BCUT2D eigenvalue weighted by atomic mass is 9.97. The zero-order chi connectivity index (χ0) is 20.1. The molecule has 6 nitrogen and oxygen atoms in total. The zero-order valence-corrected chi connectivity index (χ0v) is 18.1. The van der Waals surface area contributed by atoms with E-state index >= 15 is 0 Å². The van der Waals surface area contributed by atoms with Gasteiger partial charge in [0.15, 0.2) is 8.32 Å². The van der Waals surface area contributed by atoms with Gasteiger partial charge in [-0.05, 0) is 30.1 Å². The van der Waals surface area contributed by atoms with Crippen molar-refractivity contribution in [2.24, 2.45) is 5.92 Å². The number of aliphatic hydroxyl groups is 1. The Hall–Kier alpha value is -1.41. The van der Waals surface area contributed by atoms with Crippen LogP contribution in [0.2, 0.25) is 18.1 Å². The van der Waals surface area contributed by atoms with Gasteiger partial charge in [0.1, 0.15) is 6.61 Å². The van der Waals surface area contributed by atoms with Crippen LogP contribution in [0.15, 0.2) is 30.3 Å². The number of hydrogen-bond donors (Lipinski definition) is 1. The highest BCUT2D eigenvalue weighted by Gasteiger charge is 2.39. The summed E-state index contributed by atoms with van der Waals surface area (Å²) in [6.45, 7) is 12.5. The first-order valence-electron chi connectivity index (χ1n) is 9.54. The number of carbonyl (C=O) groups is 1. The minimum atomic E-state index is -1.88. The van der Waals surface area contributed by atoms with Crippen molar-refractivity contribution in [1.29, 1.82) is 0 Å². The van der Waals surface area contributed by atoms with E-state index in [4.69, 9.17) is 14.0 Å². The molecule has 0 spiro atoms. The van der Waals surface area contributed by atoms with Gasteiger partial charge < -0.3 is 19.1 Å². The highest BCUT2D eigenvalue weighted by Crippen LogP contribution is 2.37. The SMILES string of the molecule is CC(C)(C)[Si](C)(C)OCC1CN(OC(=O)OCc2ccccc2)CCC1O. The molecule has 1 aromatic rings. The Morgan fingerprint density at radius 3 is 2.56 bits per heavy atom. The van der Waals surface area contributed by atoms with E-state index in [1.165, 1.54) is 0 Å². The summed E-state index contributed by atoms with van der Waals surface area (Å²) in [5.41, 5.74) is 0.907. The van der Waals surface area contributed by atoms with Crippen LogP contribution in [0.5, 0.6) is 0 Å². The van der Waals surface area contributed by atoms with Crippen molar-refractivity contribution >= 4 is 14.5 Å². The Morgan fingerprint density at radius 1 is 1.26 bits per heavy atom. The van der Waals surface area contributed by atoms with Gasteiger partial charge in [-0.2, -0.15) is 0 Å². The molecule has 2 atom stereocenters. The van der Waals surface area contributed by atoms with Crippen LogP contribution in [-0.2, 0) is 20.6 Å². The summed E-state index contributed by atoms with van der Waals surface area (Å²) in [5.74, 6) is -0.0881. The predicted molar refractivity (Wildman–Crippen MR) is 107 cm³/mol. The van der Waals surface area contributed by atoms with Gasteiger partial charge in [0.25, 0.3) is 0 Å². The Kier molecular flexibility index (Phi) is 7.45. The van der Waals surface area contributed by atoms with Gasteiger partial charge in [-0.25, -0.2) is 4.79 Å². The van der Waals surface area contributed by atoms with E-state index < -0.39 is 20.6 Å². The predicted octanol–water partition coefficient (Wildman–Crippen LogP) is 3.96. The van der Waals surface area contributed by atoms with E-state index in [0.29, 0.717) is 26.1 Å². The van der Waals surface area contributed by atoms with E-state index in [2.05, 4.69) is 33.9 Å². The molecule has 1 aliphatic heterocycles. The van der Waals surface area contributed by atoms with Crippen LogP contribution in [0.4, 0.5) is 4.79 Å². The highest BCUT2D eigenvalue weighted by molar-refractivity contribution is 6.74. The van der Waals surface area contributed by atoms with Crippen LogP contribution in [0.3, 0.4) is 0 Å². The van der Waals surface area contributed by atoms with Crippen molar-refractivity contribution in [3.63, 3.8) is 0 Å². The monoisotopic (exact) mass is 395 g/mol. The number of carbonyl (C=O) groups excluding carboxylic acids is 1. The third kappa shape index (κ3) is 6.60. The lowest BCUT2D eigenvalue weighted by molar-refractivity contribution is -0.168. The fourth-order valence-electron chi connectivity index (χ4n) is 2.61. The van der Waals surface area contributed by atoms with Crippen molar-refractivity contribution in [3.05, 3.63) is 35.9 Å². The first-order chi connectivity index (χ1) is 12.6. The number of ether oxygens (including phenoxy) is 1. The number of hydroxylamine groups is 2. The minimum absolute atomic E-state index is 0.0881. The number of aliphatic hydroxyl groups excluding tert-OH is 1. The topological polar surface area (TPSA) is 68.2 Å². The van der Waals surface area contributed by atoms with E-state index in [1.54, 1.807) is 5.06 Å². The van der Waals surface area contributed by atoms with Gasteiger partial charge >= 0.3 is 6.16 Å². The van der Waals surface area contributed by atoms with E-state index in [-0.39, 0.29) is 17.6 Å². The summed E-state index contributed by atoms with van der Waals surface area (Å²) in [5, 5.41) is 12.0. The molecule has 0 aromatic heterocycles. The van der Waals surface area contributed by atoms with Gasteiger partial charge in [-0.1, -0.05) is 51.1 Å². The second-order valence-corrected chi connectivity index (χ2v) is 13.5. The molecule has 1 aliphatic rings. The summed E-state index contributed by atoms with van der Waals surface area (Å²) in [6.07, 6.45) is -0.633. The third-order valence-electron chi connectivity index (χ3n) is 5.52. The van der Waals surface area contributed by atoms with Gasteiger partial charge in [-0.15, -0.1) is 5.06 Å². The lowest BCUT2D eigenvalue weighted by Crippen LogP contribution is -2.49. The Bertz CT molecular complexity index is 602. The molecule has 1 aromatic carbocycles. The van der Waals surface area contributed by atoms with E-state index in [0.717, 1.165) is 5.56 Å². The zero-order valence-electron chi connectivity index (χ0n) is 17.1. The number of nitrogens with zero attached hydrogens (tertiary/aromatic N) is 1. The van der Waals surface area contributed by atoms with Crippen molar-refractivity contribution < 1.29 is 23.9 Å². The molecule has 2 rings (SSSR count). The Labute approximate surface area is 163 Å². The Morgan fingerprint density at radius 2 is 1.93 bits per heavy atom. The summed E-state index contributed by atoms with van der Waals surface area (Å²) in [4.78, 5) is 17.3. The highest BCUT2D eigenvalue weighted by atomic mass is 28.4. The smallest absolute Gasteiger partial charge is 0.428 e. The fourth-order valence-corrected chi connectivity index (χ4v) is 3.68. The third-order valence-corrected chi connectivity index (χ3v) is 10.0. The fraction of sp³-hybridized carbons (Fsp3) is 0.650. The molecule has 1 saturated heterocycles. The normalized spacial score (nSPS) is 21.7. The first-order valence-corrected chi connectivity index (χ1v) is 12.4. The van der Waals surface area contributed by atoms with E-state index in [1.807, 2.05) is 30.3 Å². The van der Waals surface area contributed by atoms with Crippen LogP contribution in [0, 0.1) is 5.92 Å². The standard InChI is InChI=1S/C20H33NO5Si/c1-20(2,3)27(4,5)25-15-17-13-21(12-11-18(17)22)26-19(23)24-14-16-9-7-6-8-10-16/h6-10,17-18,22H,11-15H2,1-5H3. The molecule has 0 bridgehead atoms. The van der Waals surface area contributed by atoms with Crippen LogP contribution in [-0.4, -0.2) is 50.4 Å². The maximum absolute atomic E-state index is 11.9. The van der Waals surface area contributed by atoms with Crippen LogP contribution in [0.1, 0.15) is 32.8 Å². The largest absolute Gasteiger partial charge is 0.528 e. The summed E-state index contributed by atoms with van der Waals surface area (Å²) in [6, 6.07) is 9.47. The molecule has 0 aliphatic carbocycles. The summed E-state index contributed by atoms with van der Waals surface area (Å²) >= 11 is 0. The summed E-state index contributed by atoms with van der Waals surface area (Å²) in [7, 11) is -1.88. The Balaban J connectivity index is 1.80. The molecule has 1 N–H and O–H groups in total. The second kappa shape index (κ2) is 9.19. The quantitative estimate of drug-likeness (QED) is 0.581. The number of benzene rings is 1. The van der Waals surface area contributed by atoms with Gasteiger partial charge in [0.2, 0.25) is 0 Å². The molecule has 0 amide bonds. The number of rotatable bonds is 6. The lowest BCUT2D eigenvalue weighted by Gasteiger charge is -2.40. The number of hydrogen-bond acceptors (Lipinski definition) is 6. The first kappa shape index (κ1) is 21.9.